The van der Waals surface area contributed by atoms with E-state index < -0.39 is 0 Å². The third-order valence-electron chi connectivity index (χ3n) is 6.41. The summed E-state index contributed by atoms with van der Waals surface area (Å²) in [6.45, 7) is 2.30. The van der Waals surface area contributed by atoms with Crippen molar-refractivity contribution in [1.82, 2.24) is 34.3 Å². The lowest BCUT2D eigenvalue weighted by Gasteiger charge is -2.12. The molecule has 0 fully saturated rings. The largest absolute Gasteiger partial charge is 0.495 e. The van der Waals surface area contributed by atoms with E-state index in [-0.39, 0.29) is 5.56 Å². The van der Waals surface area contributed by atoms with Gasteiger partial charge < -0.3 is 9.30 Å². The molecule has 9 nitrogen and oxygen atoms in total. The van der Waals surface area contributed by atoms with Gasteiger partial charge in [-0.25, -0.2) is 14.3 Å². The highest BCUT2D eigenvalue weighted by Gasteiger charge is 2.17. The van der Waals surface area contributed by atoms with Crippen LogP contribution in [0.1, 0.15) is 11.3 Å². The fraction of sp³-hybridized carbons (Fsp3) is 0.100. The molecule has 0 aliphatic heterocycles. The van der Waals surface area contributed by atoms with Gasteiger partial charge in [-0.3, -0.25) is 4.79 Å². The molecule has 9 heteroatoms. The molecule has 6 rings (SSSR count). The Kier molecular flexibility index (Phi) is 6.30. The maximum atomic E-state index is 13.2. The van der Waals surface area contributed by atoms with Gasteiger partial charge >= 0.3 is 0 Å². The quantitative estimate of drug-likeness (QED) is 0.306. The summed E-state index contributed by atoms with van der Waals surface area (Å²) >= 11 is 0. The molecule has 0 N–H and O–H groups in total. The van der Waals surface area contributed by atoms with E-state index in [1.807, 2.05) is 96.6 Å². The molecule has 0 aliphatic rings. The SMILES string of the molecule is COc1cc(-c2cn(-c3cc(=O)n(Cc4ccccc4)nc3-c3ccccc3)nn2)ccc1-n1cnc(C)c1. The van der Waals surface area contributed by atoms with E-state index in [2.05, 4.69) is 15.3 Å². The zero-order valence-electron chi connectivity index (χ0n) is 21.5. The van der Waals surface area contributed by atoms with Crippen LogP contribution in [0.4, 0.5) is 0 Å². The molecule has 0 unspecified atom stereocenters. The summed E-state index contributed by atoms with van der Waals surface area (Å²) in [7, 11) is 1.63. The predicted molar refractivity (Wildman–Crippen MR) is 148 cm³/mol. The maximum absolute atomic E-state index is 13.2. The van der Waals surface area contributed by atoms with E-state index in [4.69, 9.17) is 9.84 Å². The Morgan fingerprint density at radius 2 is 1.62 bits per heavy atom. The second-order valence-electron chi connectivity index (χ2n) is 9.08. The van der Waals surface area contributed by atoms with Crippen molar-refractivity contribution in [2.24, 2.45) is 0 Å². The summed E-state index contributed by atoms with van der Waals surface area (Å²) in [5.41, 5.74) is 6.05. The Morgan fingerprint density at radius 1 is 0.846 bits per heavy atom. The molecule has 0 bridgehead atoms. The summed E-state index contributed by atoms with van der Waals surface area (Å²) in [6, 6.07) is 26.9. The number of hydrogen-bond donors (Lipinski definition) is 0. The van der Waals surface area contributed by atoms with Crippen LogP contribution in [-0.4, -0.2) is 41.4 Å². The minimum absolute atomic E-state index is 0.229. The number of rotatable bonds is 7. The number of nitrogens with zero attached hydrogens (tertiary/aromatic N) is 7. The van der Waals surface area contributed by atoms with Crippen molar-refractivity contribution in [3.05, 3.63) is 125 Å². The summed E-state index contributed by atoms with van der Waals surface area (Å²) in [5.74, 6) is 0.676. The lowest BCUT2D eigenvalue weighted by Crippen LogP contribution is -2.25. The Labute approximate surface area is 224 Å². The van der Waals surface area contributed by atoms with Crippen molar-refractivity contribution in [1.29, 1.82) is 0 Å². The number of benzene rings is 3. The maximum Gasteiger partial charge on any atom is 0.269 e. The standard InChI is InChI=1S/C30H25N7O2/c1-21-17-35(20-31-21)26-14-13-24(15-28(26)39-2)25-19-36(34-32-25)27-16-29(38)37(18-22-9-5-3-6-10-22)33-30(27)23-11-7-4-8-12-23/h3-17,19-20H,18H2,1-2H3. The number of imidazole rings is 1. The molecule has 3 heterocycles. The molecule has 0 aliphatic carbocycles. The minimum Gasteiger partial charge on any atom is -0.495 e. The summed E-state index contributed by atoms with van der Waals surface area (Å²) < 4.78 is 10.6. The fourth-order valence-corrected chi connectivity index (χ4v) is 4.44. The molecule has 0 saturated carbocycles. The van der Waals surface area contributed by atoms with Crippen LogP contribution >= 0.6 is 0 Å². The smallest absolute Gasteiger partial charge is 0.269 e. The van der Waals surface area contributed by atoms with Gasteiger partial charge in [0.2, 0.25) is 0 Å². The second kappa shape index (κ2) is 10.2. The van der Waals surface area contributed by atoms with Crippen molar-refractivity contribution in [2.45, 2.75) is 13.5 Å². The van der Waals surface area contributed by atoms with Crippen LogP contribution in [0.3, 0.4) is 0 Å². The van der Waals surface area contributed by atoms with Gasteiger partial charge in [0, 0.05) is 23.4 Å². The van der Waals surface area contributed by atoms with Gasteiger partial charge in [0.1, 0.15) is 17.1 Å². The zero-order chi connectivity index (χ0) is 26.8. The summed E-state index contributed by atoms with van der Waals surface area (Å²) in [4.78, 5) is 17.5. The number of ether oxygens (including phenoxy) is 1. The first-order valence-corrected chi connectivity index (χ1v) is 12.4. The van der Waals surface area contributed by atoms with Gasteiger partial charge in [0.05, 0.1) is 43.2 Å². The molecule has 6 aromatic rings. The Balaban J connectivity index is 1.40. The minimum atomic E-state index is -0.229. The Hall–Kier alpha value is -5.31. The normalized spacial score (nSPS) is 11.0. The third-order valence-corrected chi connectivity index (χ3v) is 6.41. The van der Waals surface area contributed by atoms with Gasteiger partial charge in [-0.2, -0.15) is 5.10 Å². The van der Waals surface area contributed by atoms with Crippen LogP contribution < -0.4 is 10.3 Å². The first kappa shape index (κ1) is 24.1. The topological polar surface area (TPSA) is 92.6 Å². The average molecular weight is 516 g/mol. The van der Waals surface area contributed by atoms with Gasteiger partial charge in [0.15, 0.2) is 0 Å². The molecule has 192 valence electrons. The van der Waals surface area contributed by atoms with Crippen molar-refractivity contribution in [3.63, 3.8) is 0 Å². The highest BCUT2D eigenvalue weighted by molar-refractivity contribution is 5.69. The summed E-state index contributed by atoms with van der Waals surface area (Å²) in [5, 5.41) is 13.5. The second-order valence-corrected chi connectivity index (χ2v) is 9.08. The van der Waals surface area contributed by atoms with Crippen molar-refractivity contribution < 1.29 is 4.74 Å². The number of aromatic nitrogens is 7. The molecule has 0 saturated heterocycles. The van der Waals surface area contributed by atoms with E-state index >= 15 is 0 Å². The van der Waals surface area contributed by atoms with E-state index in [9.17, 15) is 4.79 Å². The van der Waals surface area contributed by atoms with E-state index in [1.54, 1.807) is 30.4 Å². The average Bonchev–Trinajstić information content (AvgIpc) is 3.64. The predicted octanol–water partition coefficient (Wildman–Crippen LogP) is 4.71. The lowest BCUT2D eigenvalue weighted by molar-refractivity contribution is 0.413. The van der Waals surface area contributed by atoms with Crippen LogP contribution in [0.5, 0.6) is 5.75 Å². The molecule has 0 amide bonds. The van der Waals surface area contributed by atoms with Crippen molar-refractivity contribution >= 4 is 0 Å². The summed E-state index contributed by atoms with van der Waals surface area (Å²) in [6.07, 6.45) is 5.48. The number of aryl methyl sites for hydroxylation is 1. The molecule has 0 atom stereocenters. The molecule has 3 aromatic heterocycles. The molecule has 0 spiro atoms. The van der Waals surface area contributed by atoms with E-state index in [0.29, 0.717) is 29.4 Å². The molecule has 3 aromatic carbocycles. The Morgan fingerprint density at radius 3 is 2.33 bits per heavy atom. The van der Waals surface area contributed by atoms with Crippen molar-refractivity contribution in [3.8, 4) is 39.6 Å². The third kappa shape index (κ3) is 4.85. The number of hydrogen-bond acceptors (Lipinski definition) is 6. The van der Waals surface area contributed by atoms with Crippen LogP contribution in [0.2, 0.25) is 0 Å². The van der Waals surface area contributed by atoms with Crippen LogP contribution in [0.15, 0.2) is 108 Å². The molecular formula is C30H25N7O2. The fourth-order valence-electron chi connectivity index (χ4n) is 4.44. The van der Waals surface area contributed by atoms with Gasteiger partial charge in [0.25, 0.3) is 5.56 Å². The highest BCUT2D eigenvalue weighted by atomic mass is 16.5. The highest BCUT2D eigenvalue weighted by Crippen LogP contribution is 2.30. The van der Waals surface area contributed by atoms with Crippen LogP contribution in [0.25, 0.3) is 33.9 Å². The number of methoxy groups -OCH3 is 1. The lowest BCUT2D eigenvalue weighted by atomic mass is 10.1. The van der Waals surface area contributed by atoms with E-state index in [1.165, 1.54) is 4.68 Å². The van der Waals surface area contributed by atoms with Gasteiger partial charge in [-0.15, -0.1) is 5.10 Å². The molecule has 39 heavy (non-hydrogen) atoms. The van der Waals surface area contributed by atoms with Crippen LogP contribution in [-0.2, 0) is 6.54 Å². The molecular weight excluding hydrogens is 490 g/mol. The van der Waals surface area contributed by atoms with Gasteiger partial charge in [-0.1, -0.05) is 71.9 Å². The van der Waals surface area contributed by atoms with E-state index in [0.717, 1.165) is 28.1 Å². The zero-order valence-corrected chi connectivity index (χ0v) is 21.5. The van der Waals surface area contributed by atoms with Crippen molar-refractivity contribution in [2.75, 3.05) is 7.11 Å². The molecule has 0 radical (unpaired) electrons. The van der Waals surface area contributed by atoms with Crippen LogP contribution in [0, 0.1) is 6.92 Å². The monoisotopic (exact) mass is 515 g/mol. The first-order valence-electron chi connectivity index (χ1n) is 12.4. The Bertz CT molecular complexity index is 1800. The first-order chi connectivity index (χ1) is 19.1. The van der Waals surface area contributed by atoms with Gasteiger partial charge in [-0.05, 0) is 24.6 Å².